The van der Waals surface area contributed by atoms with Crippen molar-refractivity contribution < 1.29 is 5.11 Å². The van der Waals surface area contributed by atoms with E-state index in [1.54, 1.807) is 12.1 Å². The van der Waals surface area contributed by atoms with E-state index in [0.717, 1.165) is 10.8 Å². The van der Waals surface area contributed by atoms with Crippen molar-refractivity contribution in [3.8, 4) is 5.75 Å². The fourth-order valence-corrected chi connectivity index (χ4v) is 3.22. The summed E-state index contributed by atoms with van der Waals surface area (Å²) < 4.78 is 0. The molecule has 3 rings (SSSR count). The predicted octanol–water partition coefficient (Wildman–Crippen LogP) is 4.13. The average Bonchev–Trinajstić information content (AvgIpc) is 2.47. The van der Waals surface area contributed by atoms with Gasteiger partial charge >= 0.3 is 0 Å². The zero-order chi connectivity index (χ0) is 13.2. The zero-order valence-corrected chi connectivity index (χ0v) is 11.2. The van der Waals surface area contributed by atoms with Crippen molar-refractivity contribution in [3.63, 3.8) is 0 Å². The topological polar surface area (TPSA) is 46.2 Å². The Morgan fingerprint density at radius 2 is 1.63 bits per heavy atom. The Morgan fingerprint density at radius 3 is 2.42 bits per heavy atom. The van der Waals surface area contributed by atoms with Crippen LogP contribution in [0.1, 0.15) is 43.7 Å². The van der Waals surface area contributed by atoms with Gasteiger partial charge < -0.3 is 10.8 Å². The van der Waals surface area contributed by atoms with Gasteiger partial charge in [-0.25, -0.2) is 0 Å². The van der Waals surface area contributed by atoms with E-state index < -0.39 is 0 Å². The molecule has 3 N–H and O–H groups in total. The van der Waals surface area contributed by atoms with Crippen molar-refractivity contribution in [2.75, 3.05) is 0 Å². The van der Waals surface area contributed by atoms with Gasteiger partial charge in [-0.1, -0.05) is 37.5 Å². The Morgan fingerprint density at radius 1 is 0.947 bits per heavy atom. The maximum atomic E-state index is 9.49. The van der Waals surface area contributed by atoms with Gasteiger partial charge in [0.1, 0.15) is 5.75 Å². The van der Waals surface area contributed by atoms with Crippen LogP contribution in [0, 0.1) is 5.92 Å². The smallest absolute Gasteiger partial charge is 0.116 e. The molecule has 0 bridgehead atoms. The van der Waals surface area contributed by atoms with Gasteiger partial charge in [0.15, 0.2) is 0 Å². The zero-order valence-electron chi connectivity index (χ0n) is 11.2. The highest BCUT2D eigenvalue weighted by molar-refractivity contribution is 5.84. The van der Waals surface area contributed by atoms with E-state index in [4.69, 9.17) is 5.73 Å². The highest BCUT2D eigenvalue weighted by atomic mass is 16.3. The van der Waals surface area contributed by atoms with Gasteiger partial charge in [0.25, 0.3) is 0 Å². The molecule has 0 aromatic heterocycles. The second-order valence-corrected chi connectivity index (χ2v) is 5.71. The van der Waals surface area contributed by atoms with Gasteiger partial charge in [-0.2, -0.15) is 0 Å². The summed E-state index contributed by atoms with van der Waals surface area (Å²) >= 11 is 0. The Bertz CT molecular complexity index is 572. The van der Waals surface area contributed by atoms with Crippen LogP contribution < -0.4 is 5.73 Å². The van der Waals surface area contributed by atoms with E-state index in [9.17, 15) is 5.11 Å². The minimum atomic E-state index is 0.151. The van der Waals surface area contributed by atoms with E-state index in [-0.39, 0.29) is 6.04 Å². The van der Waals surface area contributed by atoms with Gasteiger partial charge in [0, 0.05) is 6.04 Å². The molecule has 1 saturated carbocycles. The van der Waals surface area contributed by atoms with Crippen molar-refractivity contribution in [1.29, 1.82) is 0 Å². The number of rotatable bonds is 2. The number of benzene rings is 2. The first kappa shape index (κ1) is 12.5. The monoisotopic (exact) mass is 255 g/mol. The Labute approximate surface area is 114 Å². The number of phenolic OH excluding ortho intramolecular Hbond substituents is 1. The normalized spacial score (nSPS) is 18.6. The second kappa shape index (κ2) is 5.22. The number of phenols is 1. The minimum absolute atomic E-state index is 0.151. The molecule has 2 aromatic rings. The Balaban J connectivity index is 1.89. The summed E-state index contributed by atoms with van der Waals surface area (Å²) in [6, 6.07) is 12.0. The fraction of sp³-hybridized carbons (Fsp3) is 0.412. The van der Waals surface area contributed by atoms with Crippen LogP contribution in [-0.2, 0) is 0 Å². The lowest BCUT2D eigenvalue weighted by atomic mass is 9.81. The lowest BCUT2D eigenvalue weighted by Crippen LogP contribution is -2.23. The third-order valence-electron chi connectivity index (χ3n) is 4.39. The summed E-state index contributed by atoms with van der Waals surface area (Å²) in [6.07, 6.45) is 6.52. The fourth-order valence-electron chi connectivity index (χ4n) is 3.22. The van der Waals surface area contributed by atoms with Crippen molar-refractivity contribution in [2.45, 2.75) is 38.1 Å². The number of hydrogen-bond donors (Lipinski definition) is 2. The quantitative estimate of drug-likeness (QED) is 0.847. The summed E-state index contributed by atoms with van der Waals surface area (Å²) in [5.41, 5.74) is 7.67. The molecule has 0 spiro atoms. The van der Waals surface area contributed by atoms with Gasteiger partial charge in [-0.3, -0.25) is 0 Å². The standard InChI is InChI=1S/C17H21NO/c18-17(12-4-2-1-3-5-12)15-7-6-14-11-16(19)9-8-13(14)10-15/h6-12,17,19H,1-5,18H2/t17-/m1/s1. The lowest BCUT2D eigenvalue weighted by molar-refractivity contribution is 0.308. The van der Waals surface area contributed by atoms with Crippen LogP contribution in [0.15, 0.2) is 36.4 Å². The first-order valence-electron chi connectivity index (χ1n) is 7.22. The molecule has 1 aliphatic rings. The maximum absolute atomic E-state index is 9.49. The van der Waals surface area contributed by atoms with Crippen molar-refractivity contribution in [1.82, 2.24) is 0 Å². The molecule has 1 fully saturated rings. The molecule has 0 heterocycles. The van der Waals surface area contributed by atoms with Crippen LogP contribution in [0.4, 0.5) is 0 Å². The third kappa shape index (κ3) is 2.59. The highest BCUT2D eigenvalue weighted by Gasteiger charge is 2.21. The summed E-state index contributed by atoms with van der Waals surface area (Å²) in [4.78, 5) is 0. The second-order valence-electron chi connectivity index (χ2n) is 5.71. The Kier molecular flexibility index (Phi) is 3.43. The van der Waals surface area contributed by atoms with E-state index in [1.807, 2.05) is 6.07 Å². The predicted molar refractivity (Wildman–Crippen MR) is 79.1 cm³/mol. The molecule has 2 aromatic carbocycles. The van der Waals surface area contributed by atoms with E-state index in [0.29, 0.717) is 11.7 Å². The van der Waals surface area contributed by atoms with Crippen LogP contribution in [0.5, 0.6) is 5.75 Å². The van der Waals surface area contributed by atoms with Gasteiger partial charge in [0.05, 0.1) is 0 Å². The maximum Gasteiger partial charge on any atom is 0.116 e. The molecule has 1 atom stereocenters. The van der Waals surface area contributed by atoms with E-state index in [1.165, 1.54) is 37.7 Å². The SMILES string of the molecule is N[C@@H](c1ccc2cc(O)ccc2c1)C1CCCCC1. The highest BCUT2D eigenvalue weighted by Crippen LogP contribution is 2.34. The Hall–Kier alpha value is -1.54. The van der Waals surface area contributed by atoms with Gasteiger partial charge in [0.2, 0.25) is 0 Å². The molecule has 2 heteroatoms. The minimum Gasteiger partial charge on any atom is -0.508 e. The van der Waals surface area contributed by atoms with Crippen LogP contribution in [-0.4, -0.2) is 5.11 Å². The van der Waals surface area contributed by atoms with Crippen LogP contribution in [0.2, 0.25) is 0 Å². The first-order valence-corrected chi connectivity index (χ1v) is 7.22. The first-order chi connectivity index (χ1) is 9.24. The molecule has 0 unspecified atom stereocenters. The number of fused-ring (bicyclic) bond motifs is 1. The number of hydrogen-bond acceptors (Lipinski definition) is 2. The molecule has 0 radical (unpaired) electrons. The molecule has 1 aliphatic carbocycles. The molecule has 100 valence electrons. The van der Waals surface area contributed by atoms with Crippen LogP contribution >= 0.6 is 0 Å². The van der Waals surface area contributed by atoms with Gasteiger partial charge in [-0.15, -0.1) is 0 Å². The third-order valence-corrected chi connectivity index (χ3v) is 4.39. The molecular formula is C17H21NO. The van der Waals surface area contributed by atoms with Crippen molar-refractivity contribution >= 4 is 10.8 Å². The molecule has 2 nitrogen and oxygen atoms in total. The summed E-state index contributed by atoms with van der Waals surface area (Å²) in [5.74, 6) is 0.945. The van der Waals surface area contributed by atoms with Crippen LogP contribution in [0.3, 0.4) is 0 Å². The summed E-state index contributed by atoms with van der Waals surface area (Å²) in [5, 5.41) is 11.7. The number of aromatic hydroxyl groups is 1. The molecule has 0 aliphatic heterocycles. The van der Waals surface area contributed by atoms with Gasteiger partial charge in [-0.05, 0) is 53.3 Å². The van der Waals surface area contributed by atoms with Crippen molar-refractivity contribution in [3.05, 3.63) is 42.0 Å². The molecule has 0 saturated heterocycles. The summed E-state index contributed by atoms with van der Waals surface area (Å²) in [7, 11) is 0. The van der Waals surface area contributed by atoms with E-state index in [2.05, 4.69) is 18.2 Å². The van der Waals surface area contributed by atoms with Crippen molar-refractivity contribution in [2.24, 2.45) is 11.7 Å². The average molecular weight is 255 g/mol. The molecule has 19 heavy (non-hydrogen) atoms. The largest absolute Gasteiger partial charge is 0.508 e. The van der Waals surface area contributed by atoms with Crippen LogP contribution in [0.25, 0.3) is 10.8 Å². The molecule has 0 amide bonds. The lowest BCUT2D eigenvalue weighted by Gasteiger charge is -2.28. The number of nitrogens with two attached hydrogens (primary N) is 1. The molecular weight excluding hydrogens is 234 g/mol. The summed E-state index contributed by atoms with van der Waals surface area (Å²) in [6.45, 7) is 0. The van der Waals surface area contributed by atoms with E-state index >= 15 is 0 Å².